The Bertz CT molecular complexity index is 1510. The molecule has 168 valence electrons. The number of thiazole rings is 1. The highest BCUT2D eigenvalue weighted by molar-refractivity contribution is 7.07. The van der Waals surface area contributed by atoms with Gasteiger partial charge in [-0.2, -0.15) is 0 Å². The Morgan fingerprint density at radius 2 is 2.12 bits per heavy atom. The van der Waals surface area contributed by atoms with Crippen molar-refractivity contribution in [1.29, 1.82) is 0 Å². The number of fused-ring (bicyclic) bond motifs is 6. The van der Waals surface area contributed by atoms with Gasteiger partial charge in [0.1, 0.15) is 17.4 Å². The third-order valence-electron chi connectivity index (χ3n) is 5.84. The number of ether oxygens (including phenoxy) is 2. The highest BCUT2D eigenvalue weighted by atomic mass is 32.1. The molecule has 0 saturated carbocycles. The molecular weight excluding hydrogens is 450 g/mol. The molecule has 10 nitrogen and oxygen atoms in total. The van der Waals surface area contributed by atoms with E-state index in [2.05, 4.69) is 4.99 Å². The first-order valence-corrected chi connectivity index (χ1v) is 10.7. The second-order valence-corrected chi connectivity index (χ2v) is 8.83. The number of phenolic OH excluding ortho intramolecular Hbond substituents is 1. The second kappa shape index (κ2) is 7.27. The maximum absolute atomic E-state index is 13.5. The summed E-state index contributed by atoms with van der Waals surface area (Å²) < 4.78 is 12.8. The fourth-order valence-electron chi connectivity index (χ4n) is 4.34. The number of non-ortho nitro benzene ring substituents is 1. The maximum atomic E-state index is 13.5. The number of hydrogen-bond acceptors (Lipinski definition) is 9. The molecule has 0 amide bonds. The van der Waals surface area contributed by atoms with Crippen molar-refractivity contribution in [2.75, 3.05) is 7.11 Å². The summed E-state index contributed by atoms with van der Waals surface area (Å²) in [6.45, 7) is 1.67. The van der Waals surface area contributed by atoms with E-state index in [1.54, 1.807) is 31.2 Å². The van der Waals surface area contributed by atoms with Crippen molar-refractivity contribution >= 4 is 29.1 Å². The molecule has 0 radical (unpaired) electrons. The van der Waals surface area contributed by atoms with Gasteiger partial charge >= 0.3 is 5.97 Å². The van der Waals surface area contributed by atoms with Crippen molar-refractivity contribution < 1.29 is 24.3 Å². The van der Waals surface area contributed by atoms with Crippen LogP contribution in [0.25, 0.3) is 6.08 Å². The van der Waals surface area contributed by atoms with Crippen molar-refractivity contribution in [2.24, 2.45) is 10.9 Å². The lowest BCUT2D eigenvalue weighted by Crippen LogP contribution is -2.58. The maximum Gasteiger partial charge on any atom is 0.317 e. The molecule has 0 aliphatic carbocycles. The van der Waals surface area contributed by atoms with Crippen LogP contribution >= 0.6 is 11.3 Å². The Balaban J connectivity index is 1.78. The van der Waals surface area contributed by atoms with E-state index in [0.717, 1.165) is 11.3 Å². The molecule has 3 atom stereocenters. The van der Waals surface area contributed by atoms with E-state index in [4.69, 9.17) is 9.47 Å². The molecule has 0 fully saturated rings. The van der Waals surface area contributed by atoms with Crippen molar-refractivity contribution in [3.63, 3.8) is 0 Å². The largest absolute Gasteiger partial charge is 0.507 e. The van der Waals surface area contributed by atoms with Gasteiger partial charge in [0.15, 0.2) is 4.80 Å². The molecule has 2 aliphatic heterocycles. The lowest BCUT2D eigenvalue weighted by atomic mass is 9.81. The van der Waals surface area contributed by atoms with E-state index in [1.165, 1.54) is 36.0 Å². The molecule has 33 heavy (non-hydrogen) atoms. The molecule has 5 rings (SSSR count). The number of benzene rings is 2. The van der Waals surface area contributed by atoms with E-state index in [-0.39, 0.29) is 21.5 Å². The smallest absolute Gasteiger partial charge is 0.317 e. The van der Waals surface area contributed by atoms with Gasteiger partial charge in [0.05, 0.1) is 22.6 Å². The fraction of sp³-hybridized carbons (Fsp3) is 0.227. The van der Waals surface area contributed by atoms with Crippen LogP contribution in [0.3, 0.4) is 0 Å². The number of carbonyl (C=O) groups excluding carboxylic acids is 1. The number of nitro benzene ring substituents is 1. The lowest BCUT2D eigenvalue weighted by Gasteiger charge is -2.44. The number of aromatic nitrogens is 1. The zero-order valence-corrected chi connectivity index (χ0v) is 18.2. The molecule has 2 aromatic carbocycles. The lowest BCUT2D eigenvalue weighted by molar-refractivity contribution is -0.384. The molecule has 0 spiro atoms. The van der Waals surface area contributed by atoms with Gasteiger partial charge in [0.25, 0.3) is 11.2 Å². The van der Waals surface area contributed by atoms with Gasteiger partial charge in [0.2, 0.25) is 5.72 Å². The summed E-state index contributed by atoms with van der Waals surface area (Å²) in [5.74, 6) is -1.16. The summed E-state index contributed by atoms with van der Waals surface area (Å²) in [5, 5.41) is 21.3. The minimum Gasteiger partial charge on any atom is -0.507 e. The summed E-state index contributed by atoms with van der Waals surface area (Å²) in [7, 11) is 1.27. The first-order chi connectivity index (χ1) is 15.7. The highest BCUT2D eigenvalue weighted by Gasteiger charge is 2.55. The molecule has 1 aromatic heterocycles. The molecule has 2 bridgehead atoms. The number of methoxy groups -OCH3 is 1. The topological polar surface area (TPSA) is 133 Å². The zero-order valence-electron chi connectivity index (χ0n) is 17.4. The number of para-hydroxylation sites is 1. The first kappa shape index (κ1) is 20.9. The Morgan fingerprint density at radius 3 is 2.85 bits per heavy atom. The van der Waals surface area contributed by atoms with Crippen LogP contribution in [-0.4, -0.2) is 33.4 Å². The Labute approximate surface area is 189 Å². The number of carbonyl (C=O) groups is 1. The standard InChI is InChI=1S/C22H17N3O7S/c1-22-17(20(28)31-2)18(13-5-3-4-6-15(13)32-22)24-19(27)16(33-21(24)23-22)10-11-9-12(25(29)30)7-8-14(11)26/h3-10,17-18,26H,1-2H3/b16-10-/t17-,18+,22-/m0/s1. The first-order valence-electron chi connectivity index (χ1n) is 9.89. The predicted octanol–water partition coefficient (Wildman–Crippen LogP) is 1.47. The van der Waals surface area contributed by atoms with E-state index in [0.29, 0.717) is 16.1 Å². The van der Waals surface area contributed by atoms with Crippen LogP contribution in [0.2, 0.25) is 0 Å². The molecule has 0 unspecified atom stereocenters. The quantitative estimate of drug-likeness (QED) is 0.350. The zero-order chi connectivity index (χ0) is 23.5. The van der Waals surface area contributed by atoms with E-state index in [1.807, 2.05) is 0 Å². The summed E-state index contributed by atoms with van der Waals surface area (Å²) in [5.41, 5.74) is -1.19. The molecule has 2 aliphatic rings. The van der Waals surface area contributed by atoms with E-state index < -0.39 is 34.1 Å². The summed E-state index contributed by atoms with van der Waals surface area (Å²) in [6, 6.07) is 9.95. The number of nitrogens with zero attached hydrogens (tertiary/aromatic N) is 3. The van der Waals surface area contributed by atoms with Crippen LogP contribution < -0.4 is 19.6 Å². The van der Waals surface area contributed by atoms with Gasteiger partial charge in [-0.15, -0.1) is 0 Å². The summed E-state index contributed by atoms with van der Waals surface area (Å²) in [4.78, 5) is 41.7. The van der Waals surface area contributed by atoms with E-state index >= 15 is 0 Å². The molecular formula is C22H17N3O7S. The number of hydrogen-bond donors (Lipinski definition) is 1. The van der Waals surface area contributed by atoms with Gasteiger partial charge in [0, 0.05) is 23.3 Å². The van der Waals surface area contributed by atoms with Crippen LogP contribution in [0.5, 0.6) is 11.5 Å². The second-order valence-electron chi connectivity index (χ2n) is 7.82. The SMILES string of the molecule is COC(=O)[C@@H]1[C@H]2c3ccccc3O[C@]1(C)N=c1s/c(=C\c3cc([N+](=O)[O-])ccc3O)c(=O)n12. The van der Waals surface area contributed by atoms with Crippen molar-refractivity contribution in [3.05, 3.63) is 83.4 Å². The minimum absolute atomic E-state index is 0.121. The number of nitro groups is 1. The van der Waals surface area contributed by atoms with E-state index in [9.17, 15) is 24.8 Å². The summed E-state index contributed by atoms with van der Waals surface area (Å²) in [6.07, 6.45) is 1.38. The van der Waals surface area contributed by atoms with Gasteiger partial charge < -0.3 is 14.6 Å². The summed E-state index contributed by atoms with van der Waals surface area (Å²) >= 11 is 1.05. The van der Waals surface area contributed by atoms with Crippen LogP contribution in [0.1, 0.15) is 24.1 Å². The monoisotopic (exact) mass is 467 g/mol. The number of esters is 1. The van der Waals surface area contributed by atoms with Crippen LogP contribution in [0, 0.1) is 16.0 Å². The number of aromatic hydroxyl groups is 1. The predicted molar refractivity (Wildman–Crippen MR) is 117 cm³/mol. The Hall–Kier alpha value is -3.99. The highest BCUT2D eigenvalue weighted by Crippen LogP contribution is 2.47. The Morgan fingerprint density at radius 1 is 1.36 bits per heavy atom. The van der Waals surface area contributed by atoms with Crippen LogP contribution in [-0.2, 0) is 9.53 Å². The van der Waals surface area contributed by atoms with Gasteiger partial charge in [-0.05, 0) is 25.1 Å². The fourth-order valence-corrected chi connectivity index (χ4v) is 5.43. The molecule has 3 heterocycles. The van der Waals surface area contributed by atoms with Crippen LogP contribution in [0.4, 0.5) is 5.69 Å². The molecule has 11 heteroatoms. The average molecular weight is 467 g/mol. The van der Waals surface area contributed by atoms with Crippen molar-refractivity contribution in [3.8, 4) is 11.5 Å². The van der Waals surface area contributed by atoms with Gasteiger partial charge in [-0.1, -0.05) is 29.5 Å². The molecule has 0 saturated heterocycles. The van der Waals surface area contributed by atoms with Gasteiger partial charge in [-0.3, -0.25) is 24.3 Å². The molecule has 1 N–H and O–H groups in total. The average Bonchev–Trinajstić information content (AvgIpc) is 3.07. The normalized spacial score (nSPS) is 23.0. The molecule has 3 aromatic rings. The van der Waals surface area contributed by atoms with Crippen molar-refractivity contribution in [2.45, 2.75) is 18.7 Å². The number of rotatable bonds is 3. The van der Waals surface area contributed by atoms with Crippen molar-refractivity contribution in [1.82, 2.24) is 4.57 Å². The minimum atomic E-state index is -1.30. The third-order valence-corrected chi connectivity index (χ3v) is 6.83. The Kier molecular flexibility index (Phi) is 4.60. The van der Waals surface area contributed by atoms with Gasteiger partial charge in [-0.25, -0.2) is 4.99 Å². The van der Waals surface area contributed by atoms with Crippen LogP contribution in [0.15, 0.2) is 52.3 Å². The number of phenols is 1. The third kappa shape index (κ3) is 3.11.